The minimum atomic E-state index is -0.892. The lowest BCUT2D eigenvalue weighted by Crippen LogP contribution is -2.47. The number of carboxylic acid groups (broad SMARTS) is 1. The van der Waals surface area contributed by atoms with Crippen molar-refractivity contribution in [1.82, 2.24) is 14.7 Å². The summed E-state index contributed by atoms with van der Waals surface area (Å²) in [6.45, 7) is 10.3. The van der Waals surface area contributed by atoms with Gasteiger partial charge in [0.1, 0.15) is 0 Å². The minimum Gasteiger partial charge on any atom is -0.493 e. The molecule has 3 aliphatic rings. The van der Waals surface area contributed by atoms with Crippen LogP contribution < -0.4 is 14.2 Å². The smallest absolute Gasteiger partial charge is 0.308 e. The summed E-state index contributed by atoms with van der Waals surface area (Å²) in [5, 5.41) is 10.7. The number of carbonyl (C=O) groups is 2. The molecule has 43 heavy (non-hydrogen) atoms. The van der Waals surface area contributed by atoms with E-state index in [2.05, 4.69) is 44.7 Å². The average Bonchev–Trinajstić information content (AvgIpc) is 3.73. The van der Waals surface area contributed by atoms with E-state index in [-0.39, 0.29) is 25.2 Å². The van der Waals surface area contributed by atoms with Crippen molar-refractivity contribution in [2.24, 2.45) is 11.3 Å². The van der Waals surface area contributed by atoms with Gasteiger partial charge in [-0.15, -0.1) is 0 Å². The van der Waals surface area contributed by atoms with Crippen molar-refractivity contribution in [3.63, 3.8) is 0 Å². The zero-order valence-corrected chi connectivity index (χ0v) is 26.8. The van der Waals surface area contributed by atoms with Gasteiger partial charge in [0.05, 0.1) is 32.8 Å². The van der Waals surface area contributed by atoms with Gasteiger partial charge in [-0.05, 0) is 64.0 Å². The van der Waals surface area contributed by atoms with E-state index in [1.165, 1.54) is 0 Å². The van der Waals surface area contributed by atoms with E-state index in [1.807, 2.05) is 17.0 Å². The first-order valence-electron chi connectivity index (χ1n) is 15.7. The molecule has 0 aromatic heterocycles. The molecule has 2 fully saturated rings. The number of hydrogen-bond acceptors (Lipinski definition) is 9. The molecule has 0 bridgehead atoms. The summed E-state index contributed by atoms with van der Waals surface area (Å²) in [6.07, 6.45) is 3.94. The standard InChI is InChI=1S/C32H51N3O8/c1-7-8-12-34(13-10-9-11-33(4)5)27(36)20-35-19-23(22-16-25(39-6)29-26(17-22)42-21-43-29)28(30(37)38)24(35)18-32(2,3)31-40-14-15-41-31/h16-17,23-24,28,31H,7-15,18-21H2,1-6H3,(H,37,38)/t23-,24+,28?/m1/s1. The summed E-state index contributed by atoms with van der Waals surface area (Å²) in [6, 6.07) is 3.30. The molecule has 0 radical (unpaired) electrons. The molecule has 1 amide bonds. The maximum atomic E-state index is 13.9. The van der Waals surface area contributed by atoms with Crippen LogP contribution in [0.25, 0.3) is 0 Å². The topological polar surface area (TPSA) is 110 Å². The Bertz CT molecular complexity index is 1090. The number of nitrogens with zero attached hydrogens (tertiary/aromatic N) is 3. The van der Waals surface area contributed by atoms with Crippen molar-refractivity contribution in [3.8, 4) is 17.2 Å². The van der Waals surface area contributed by atoms with Crippen molar-refractivity contribution < 1.29 is 38.4 Å². The van der Waals surface area contributed by atoms with Crippen LogP contribution in [0.3, 0.4) is 0 Å². The van der Waals surface area contributed by atoms with Crippen LogP contribution in [0.5, 0.6) is 17.2 Å². The number of methoxy groups -OCH3 is 1. The van der Waals surface area contributed by atoms with Gasteiger partial charge in [0.15, 0.2) is 17.8 Å². The molecule has 3 heterocycles. The Balaban J connectivity index is 1.62. The fourth-order valence-corrected chi connectivity index (χ4v) is 6.61. The fraction of sp³-hybridized carbons (Fsp3) is 0.750. The zero-order chi connectivity index (χ0) is 31.1. The third-order valence-corrected chi connectivity index (χ3v) is 8.89. The number of hydrogen-bond donors (Lipinski definition) is 1. The fourth-order valence-electron chi connectivity index (χ4n) is 6.61. The first-order chi connectivity index (χ1) is 20.6. The van der Waals surface area contributed by atoms with Gasteiger partial charge in [-0.1, -0.05) is 27.2 Å². The first-order valence-corrected chi connectivity index (χ1v) is 15.7. The number of fused-ring (bicyclic) bond motifs is 1. The molecule has 0 spiro atoms. The Morgan fingerprint density at radius 2 is 1.77 bits per heavy atom. The van der Waals surface area contributed by atoms with E-state index in [0.29, 0.717) is 56.5 Å². The summed E-state index contributed by atoms with van der Waals surface area (Å²) in [7, 11) is 5.68. The highest BCUT2D eigenvalue weighted by atomic mass is 16.7. The van der Waals surface area contributed by atoms with E-state index < -0.39 is 29.6 Å². The van der Waals surface area contributed by atoms with E-state index in [9.17, 15) is 14.7 Å². The van der Waals surface area contributed by atoms with Crippen LogP contribution in [0.15, 0.2) is 12.1 Å². The zero-order valence-electron chi connectivity index (χ0n) is 26.8. The maximum absolute atomic E-state index is 13.9. The van der Waals surface area contributed by atoms with Gasteiger partial charge in [0.25, 0.3) is 0 Å². The van der Waals surface area contributed by atoms with Crippen LogP contribution in [0.4, 0.5) is 0 Å². The predicted octanol–water partition coefficient (Wildman–Crippen LogP) is 3.65. The van der Waals surface area contributed by atoms with E-state index in [0.717, 1.165) is 37.8 Å². The molecule has 0 saturated carbocycles. The van der Waals surface area contributed by atoms with Crippen LogP contribution in [-0.2, 0) is 19.1 Å². The highest BCUT2D eigenvalue weighted by molar-refractivity contribution is 5.79. The third-order valence-electron chi connectivity index (χ3n) is 8.89. The van der Waals surface area contributed by atoms with Crippen LogP contribution in [0.2, 0.25) is 0 Å². The van der Waals surface area contributed by atoms with Gasteiger partial charge in [-0.25, -0.2) is 0 Å². The minimum absolute atomic E-state index is 0.0440. The molecular formula is C32H51N3O8. The van der Waals surface area contributed by atoms with Gasteiger partial charge < -0.3 is 38.6 Å². The molecule has 242 valence electrons. The monoisotopic (exact) mass is 605 g/mol. The van der Waals surface area contributed by atoms with Gasteiger partial charge in [-0.2, -0.15) is 0 Å². The summed E-state index contributed by atoms with van der Waals surface area (Å²) >= 11 is 0. The average molecular weight is 606 g/mol. The lowest BCUT2D eigenvalue weighted by atomic mass is 9.77. The molecule has 11 nitrogen and oxygen atoms in total. The predicted molar refractivity (Wildman–Crippen MR) is 162 cm³/mol. The largest absolute Gasteiger partial charge is 0.493 e. The maximum Gasteiger partial charge on any atom is 0.308 e. The van der Waals surface area contributed by atoms with Gasteiger partial charge in [0, 0.05) is 37.0 Å². The molecular weight excluding hydrogens is 554 g/mol. The van der Waals surface area contributed by atoms with E-state index >= 15 is 0 Å². The van der Waals surface area contributed by atoms with Crippen LogP contribution in [0, 0.1) is 11.3 Å². The lowest BCUT2D eigenvalue weighted by Gasteiger charge is -2.37. The van der Waals surface area contributed by atoms with E-state index in [1.54, 1.807) is 7.11 Å². The molecule has 3 aliphatic heterocycles. The molecule has 0 aliphatic carbocycles. The van der Waals surface area contributed by atoms with Gasteiger partial charge in [-0.3, -0.25) is 14.5 Å². The summed E-state index contributed by atoms with van der Waals surface area (Å²) in [5.41, 5.74) is 0.331. The summed E-state index contributed by atoms with van der Waals surface area (Å²) in [5.74, 6) is -0.415. The number of aliphatic carboxylic acids is 1. The number of amides is 1. The number of benzene rings is 1. The van der Waals surface area contributed by atoms with Crippen molar-refractivity contribution >= 4 is 11.9 Å². The SMILES string of the molecule is CCCCN(CCCCN(C)C)C(=O)CN1C[C@H](c2cc(OC)c3c(c2)OCO3)C(C(=O)O)[C@@H]1CC(C)(C)C1OCCO1. The molecule has 4 rings (SSSR count). The van der Waals surface area contributed by atoms with Crippen LogP contribution >= 0.6 is 0 Å². The second-order valence-electron chi connectivity index (χ2n) is 12.9. The molecule has 1 aromatic carbocycles. The number of likely N-dealkylation sites (tertiary alicyclic amines) is 1. The van der Waals surface area contributed by atoms with Crippen molar-refractivity contribution in [2.45, 2.75) is 71.1 Å². The summed E-state index contributed by atoms with van der Waals surface area (Å²) in [4.78, 5) is 33.2. The second-order valence-corrected chi connectivity index (χ2v) is 12.9. The normalized spacial score (nSPS) is 22.4. The highest BCUT2D eigenvalue weighted by Gasteiger charge is 2.51. The number of carbonyl (C=O) groups excluding carboxylic acids is 1. The number of carboxylic acids is 1. The molecule has 1 unspecified atom stereocenters. The molecule has 3 atom stereocenters. The number of rotatable bonds is 16. The molecule has 1 aromatic rings. The molecule has 2 saturated heterocycles. The highest BCUT2D eigenvalue weighted by Crippen LogP contribution is 2.48. The van der Waals surface area contributed by atoms with Crippen LogP contribution in [0.1, 0.15) is 64.4 Å². The van der Waals surface area contributed by atoms with Crippen molar-refractivity contribution in [2.75, 3.05) is 73.9 Å². The third kappa shape index (κ3) is 8.12. The van der Waals surface area contributed by atoms with Gasteiger partial charge >= 0.3 is 5.97 Å². The second kappa shape index (κ2) is 14.9. The van der Waals surface area contributed by atoms with Crippen molar-refractivity contribution in [1.29, 1.82) is 0 Å². The number of unbranched alkanes of at least 4 members (excludes halogenated alkanes) is 2. The Hall–Kier alpha value is -2.60. The quantitative estimate of drug-likeness (QED) is 0.281. The molecule has 1 N–H and O–H groups in total. The lowest BCUT2D eigenvalue weighted by molar-refractivity contribution is -0.148. The van der Waals surface area contributed by atoms with Crippen LogP contribution in [-0.4, -0.2) is 118 Å². The number of ether oxygens (including phenoxy) is 5. The first kappa shape index (κ1) is 33.3. The Morgan fingerprint density at radius 1 is 1.07 bits per heavy atom. The van der Waals surface area contributed by atoms with E-state index in [4.69, 9.17) is 23.7 Å². The van der Waals surface area contributed by atoms with Crippen molar-refractivity contribution in [3.05, 3.63) is 17.7 Å². The Kier molecular flexibility index (Phi) is 11.6. The van der Waals surface area contributed by atoms with Gasteiger partial charge in [0.2, 0.25) is 18.4 Å². The summed E-state index contributed by atoms with van der Waals surface area (Å²) < 4.78 is 28.6. The Labute approximate surface area is 256 Å². The molecule has 11 heteroatoms. The Morgan fingerprint density at radius 3 is 2.42 bits per heavy atom.